The lowest BCUT2D eigenvalue weighted by Crippen LogP contribution is -2.48. The van der Waals surface area contributed by atoms with E-state index in [0.717, 1.165) is 11.1 Å². The Morgan fingerprint density at radius 2 is 1.03 bits per heavy atom. The monoisotopic (exact) mass is 570 g/mol. The summed E-state index contributed by atoms with van der Waals surface area (Å²) in [4.78, 5) is 51.9. The molecule has 220 valence electrons. The summed E-state index contributed by atoms with van der Waals surface area (Å²) >= 11 is 0. The van der Waals surface area contributed by atoms with Gasteiger partial charge in [-0.25, -0.2) is 0 Å². The molecule has 0 radical (unpaired) electrons. The Bertz CT molecular complexity index is 982. The molecule has 2 rings (SSSR count). The number of carboxylic acid groups (broad SMARTS) is 3. The molecule has 1 aromatic carbocycles. The minimum atomic E-state index is -3.65. The molecule has 12 nitrogen and oxygen atoms in total. The number of nitrogens with zero attached hydrogens (tertiary/aromatic N) is 4. The van der Waals surface area contributed by atoms with Gasteiger partial charge < -0.3 is 20.2 Å². The molecule has 1 heterocycles. The van der Waals surface area contributed by atoms with E-state index in [1.54, 1.807) is 19.6 Å². The van der Waals surface area contributed by atoms with Gasteiger partial charge in [-0.3, -0.25) is 38.5 Å². The van der Waals surface area contributed by atoms with Crippen LogP contribution in [0.25, 0.3) is 0 Å². The van der Waals surface area contributed by atoms with Crippen molar-refractivity contribution in [3.8, 4) is 0 Å². The largest absolute Gasteiger partial charge is 0.480 e. The summed E-state index contributed by atoms with van der Waals surface area (Å²) < 4.78 is 13.3. The minimum absolute atomic E-state index is 0.00421. The molecule has 1 atom stereocenters. The molecule has 0 aromatic heterocycles. The van der Waals surface area contributed by atoms with Crippen LogP contribution in [0.1, 0.15) is 31.9 Å². The molecule has 1 saturated heterocycles. The van der Waals surface area contributed by atoms with Gasteiger partial charge in [-0.15, -0.1) is 0 Å². The van der Waals surface area contributed by atoms with Crippen LogP contribution in [0, 0.1) is 0 Å². The zero-order valence-corrected chi connectivity index (χ0v) is 24.1. The normalized spacial score (nSPS) is 19.5. The maximum atomic E-state index is 13.3. The van der Waals surface area contributed by atoms with Crippen LogP contribution < -0.4 is 0 Å². The first-order valence-electron chi connectivity index (χ1n) is 13.1. The Balaban J connectivity index is 2.18. The van der Waals surface area contributed by atoms with Crippen LogP contribution in [0.2, 0.25) is 0 Å². The lowest BCUT2D eigenvalue weighted by molar-refractivity contribution is -0.140. The molecule has 1 aliphatic rings. The van der Waals surface area contributed by atoms with E-state index in [9.17, 15) is 39.2 Å². The second-order valence-electron chi connectivity index (χ2n) is 11.2. The van der Waals surface area contributed by atoms with Crippen LogP contribution in [0.3, 0.4) is 0 Å². The molecule has 13 heteroatoms. The zero-order valence-electron chi connectivity index (χ0n) is 23.2. The number of benzene rings is 1. The Morgan fingerprint density at radius 3 is 1.33 bits per heavy atom. The van der Waals surface area contributed by atoms with E-state index in [1.807, 2.05) is 24.3 Å². The van der Waals surface area contributed by atoms with Gasteiger partial charge in [0.2, 0.25) is 7.37 Å². The van der Waals surface area contributed by atoms with Gasteiger partial charge in [0, 0.05) is 52.4 Å². The fourth-order valence-corrected chi connectivity index (χ4v) is 6.32. The van der Waals surface area contributed by atoms with Crippen LogP contribution in [-0.4, -0.2) is 136 Å². The van der Waals surface area contributed by atoms with Crippen LogP contribution in [0.5, 0.6) is 0 Å². The van der Waals surface area contributed by atoms with Gasteiger partial charge in [0.25, 0.3) is 0 Å². The summed E-state index contributed by atoms with van der Waals surface area (Å²) in [7, 11) is -3.65. The summed E-state index contributed by atoms with van der Waals surface area (Å²) in [5.41, 5.74) is 1.84. The Labute approximate surface area is 230 Å². The maximum absolute atomic E-state index is 13.3. The lowest BCUT2D eigenvalue weighted by Gasteiger charge is -2.33. The summed E-state index contributed by atoms with van der Waals surface area (Å²) in [6.07, 6.45) is -0.114. The second-order valence-corrected chi connectivity index (χ2v) is 13.5. The molecule has 0 amide bonds. The van der Waals surface area contributed by atoms with E-state index >= 15 is 0 Å². The third kappa shape index (κ3) is 13.0. The number of hydrogen-bond donors (Lipinski definition) is 4. The first-order valence-corrected chi connectivity index (χ1v) is 15.1. The third-order valence-electron chi connectivity index (χ3n) is 6.68. The highest BCUT2D eigenvalue weighted by molar-refractivity contribution is 7.57. The molecule has 1 aromatic rings. The van der Waals surface area contributed by atoms with E-state index in [4.69, 9.17) is 0 Å². The SMILES string of the molecule is CC(C)(C)c1ccc(CP(=O)(O)CN2CCN(CC(=O)O)CCN(CC(=O)O)CCN(CC(=O)O)CC2)cc1. The minimum Gasteiger partial charge on any atom is -0.480 e. The van der Waals surface area contributed by atoms with Crippen molar-refractivity contribution in [1.82, 2.24) is 19.6 Å². The number of rotatable bonds is 10. The Hall–Kier alpha value is -2.34. The molecular weight excluding hydrogens is 527 g/mol. The maximum Gasteiger partial charge on any atom is 0.317 e. The van der Waals surface area contributed by atoms with Crippen molar-refractivity contribution in [1.29, 1.82) is 0 Å². The van der Waals surface area contributed by atoms with Crippen molar-refractivity contribution < 1.29 is 39.2 Å². The van der Waals surface area contributed by atoms with Crippen molar-refractivity contribution in [2.75, 3.05) is 78.3 Å². The van der Waals surface area contributed by atoms with Gasteiger partial charge in [-0.2, -0.15) is 0 Å². The fraction of sp³-hybridized carbons (Fsp3) is 0.654. The van der Waals surface area contributed by atoms with Crippen LogP contribution in [-0.2, 0) is 30.5 Å². The molecule has 39 heavy (non-hydrogen) atoms. The number of carbonyl (C=O) groups is 3. The summed E-state index contributed by atoms with van der Waals surface area (Å²) in [5, 5.41) is 28.0. The van der Waals surface area contributed by atoms with E-state index in [2.05, 4.69) is 20.8 Å². The van der Waals surface area contributed by atoms with Gasteiger partial charge in [0.15, 0.2) is 0 Å². The van der Waals surface area contributed by atoms with E-state index in [1.165, 1.54) is 0 Å². The van der Waals surface area contributed by atoms with Crippen molar-refractivity contribution >= 4 is 25.3 Å². The lowest BCUT2D eigenvalue weighted by atomic mass is 9.87. The molecular formula is C26H43N4O8P. The Morgan fingerprint density at radius 1 is 0.692 bits per heavy atom. The van der Waals surface area contributed by atoms with Gasteiger partial charge >= 0.3 is 17.9 Å². The van der Waals surface area contributed by atoms with Gasteiger partial charge in [-0.05, 0) is 16.5 Å². The van der Waals surface area contributed by atoms with Crippen molar-refractivity contribution in [2.45, 2.75) is 32.3 Å². The molecule has 1 aliphatic heterocycles. The topological polar surface area (TPSA) is 162 Å². The second kappa shape index (κ2) is 14.9. The van der Waals surface area contributed by atoms with Gasteiger partial charge in [0.05, 0.1) is 32.1 Å². The predicted octanol–water partition coefficient (Wildman–Crippen LogP) is 1.19. The predicted molar refractivity (Wildman–Crippen MR) is 147 cm³/mol. The molecule has 1 fully saturated rings. The average molecular weight is 571 g/mol. The summed E-state index contributed by atoms with van der Waals surface area (Å²) in [5.74, 6) is -3.05. The standard InChI is InChI=1S/C26H43N4O8P/c1-26(2,3)22-6-4-21(5-7-22)19-39(37,38)20-30-14-12-28(17-24(33)34)10-8-27(16-23(31)32)9-11-29(13-15-30)18-25(35)36/h4-7H,8-20H2,1-3H3,(H,31,32)(H,33,34)(H,35,36)(H,37,38). The van der Waals surface area contributed by atoms with Gasteiger partial charge in [-0.1, -0.05) is 45.0 Å². The first kappa shape index (κ1) is 32.9. The van der Waals surface area contributed by atoms with Gasteiger partial charge in [0.1, 0.15) is 0 Å². The first-order chi connectivity index (χ1) is 18.1. The highest BCUT2D eigenvalue weighted by Crippen LogP contribution is 2.45. The third-order valence-corrected chi connectivity index (χ3v) is 8.38. The van der Waals surface area contributed by atoms with E-state index < -0.39 is 25.3 Å². The molecule has 0 saturated carbocycles. The molecule has 4 N–H and O–H groups in total. The van der Waals surface area contributed by atoms with Crippen molar-refractivity contribution in [3.63, 3.8) is 0 Å². The highest BCUT2D eigenvalue weighted by Gasteiger charge is 2.26. The van der Waals surface area contributed by atoms with Crippen LogP contribution in [0.15, 0.2) is 24.3 Å². The number of carboxylic acids is 3. The zero-order chi connectivity index (χ0) is 29.2. The molecule has 1 unspecified atom stereocenters. The summed E-state index contributed by atoms with van der Waals surface area (Å²) in [6, 6.07) is 7.66. The molecule has 0 aliphatic carbocycles. The number of hydrogen-bond acceptors (Lipinski definition) is 8. The van der Waals surface area contributed by atoms with Crippen molar-refractivity contribution in [3.05, 3.63) is 35.4 Å². The van der Waals surface area contributed by atoms with E-state index in [-0.39, 0.29) is 37.5 Å². The smallest absolute Gasteiger partial charge is 0.317 e. The number of aliphatic carboxylic acids is 3. The average Bonchev–Trinajstić information content (AvgIpc) is 2.79. The molecule has 0 spiro atoms. The fourth-order valence-electron chi connectivity index (χ4n) is 4.53. The highest BCUT2D eigenvalue weighted by atomic mass is 31.2. The molecule has 0 bridgehead atoms. The van der Waals surface area contributed by atoms with Crippen LogP contribution >= 0.6 is 7.37 Å². The Kier molecular flexibility index (Phi) is 12.5. The van der Waals surface area contributed by atoms with Crippen LogP contribution in [0.4, 0.5) is 0 Å². The van der Waals surface area contributed by atoms with Crippen molar-refractivity contribution in [2.24, 2.45) is 0 Å². The van der Waals surface area contributed by atoms with E-state index in [0.29, 0.717) is 52.4 Å². The summed E-state index contributed by atoms with van der Waals surface area (Å²) in [6.45, 7) is 7.97. The quantitative estimate of drug-likeness (QED) is 0.298.